The van der Waals surface area contributed by atoms with Gasteiger partial charge in [-0.05, 0) is 59.7 Å². The van der Waals surface area contributed by atoms with Crippen molar-refractivity contribution in [1.29, 1.82) is 0 Å². The molecular formula is C22H28N2OS. The Morgan fingerprint density at radius 3 is 2.77 bits per heavy atom. The quantitative estimate of drug-likeness (QED) is 0.800. The van der Waals surface area contributed by atoms with Gasteiger partial charge in [0.25, 0.3) is 0 Å². The monoisotopic (exact) mass is 368 g/mol. The normalized spacial score (nSPS) is 23.6. The summed E-state index contributed by atoms with van der Waals surface area (Å²) < 4.78 is 0. The molecule has 4 heteroatoms. The van der Waals surface area contributed by atoms with Gasteiger partial charge in [0, 0.05) is 25.7 Å². The van der Waals surface area contributed by atoms with E-state index in [2.05, 4.69) is 57.0 Å². The molecule has 0 N–H and O–H groups in total. The zero-order valence-corrected chi connectivity index (χ0v) is 16.2. The third-order valence-corrected chi connectivity index (χ3v) is 6.70. The van der Waals surface area contributed by atoms with Crippen LogP contribution in [0.25, 0.3) is 0 Å². The number of carbonyl (C=O) groups excluding carboxylic acids is 1. The number of carbonyl (C=O) groups is 1. The molecule has 0 aliphatic carbocycles. The maximum Gasteiger partial charge on any atom is 0.227 e. The molecule has 0 bridgehead atoms. The van der Waals surface area contributed by atoms with Crippen LogP contribution < -0.4 is 0 Å². The molecule has 2 aromatic rings. The molecule has 1 aromatic carbocycles. The Bertz CT molecular complexity index is 700. The minimum Gasteiger partial charge on any atom is -0.340 e. The number of hydrogen-bond donors (Lipinski definition) is 0. The van der Waals surface area contributed by atoms with Crippen LogP contribution >= 0.6 is 11.3 Å². The average molecular weight is 369 g/mol. The molecule has 0 unspecified atom stereocenters. The molecule has 0 radical (unpaired) electrons. The van der Waals surface area contributed by atoms with Gasteiger partial charge in [0.2, 0.25) is 5.91 Å². The molecule has 26 heavy (non-hydrogen) atoms. The Kier molecular flexibility index (Phi) is 5.71. The molecular weight excluding hydrogens is 340 g/mol. The van der Waals surface area contributed by atoms with Crippen LogP contribution in [0.1, 0.15) is 30.4 Å². The van der Waals surface area contributed by atoms with Crippen LogP contribution in [0.15, 0.2) is 47.2 Å². The van der Waals surface area contributed by atoms with E-state index in [1.165, 1.54) is 31.4 Å². The van der Waals surface area contributed by atoms with Gasteiger partial charge in [-0.1, -0.05) is 36.8 Å². The number of benzene rings is 1. The van der Waals surface area contributed by atoms with Crippen LogP contribution in [0.4, 0.5) is 0 Å². The lowest BCUT2D eigenvalue weighted by molar-refractivity contribution is -0.129. The zero-order valence-electron chi connectivity index (χ0n) is 15.3. The average Bonchev–Trinajstić information content (AvgIpc) is 3.28. The van der Waals surface area contributed by atoms with Gasteiger partial charge in [0.15, 0.2) is 0 Å². The molecule has 3 nitrogen and oxygen atoms in total. The van der Waals surface area contributed by atoms with Crippen molar-refractivity contribution in [1.82, 2.24) is 9.80 Å². The van der Waals surface area contributed by atoms with E-state index in [4.69, 9.17) is 0 Å². The summed E-state index contributed by atoms with van der Waals surface area (Å²) in [7, 11) is 0. The molecule has 2 saturated heterocycles. The van der Waals surface area contributed by atoms with Gasteiger partial charge in [0.1, 0.15) is 0 Å². The molecule has 1 aromatic heterocycles. The second-order valence-electron chi connectivity index (χ2n) is 7.70. The maximum absolute atomic E-state index is 12.7. The van der Waals surface area contributed by atoms with E-state index in [9.17, 15) is 4.79 Å². The highest BCUT2D eigenvalue weighted by Crippen LogP contribution is 2.30. The van der Waals surface area contributed by atoms with Crippen LogP contribution in [-0.4, -0.2) is 47.9 Å². The van der Waals surface area contributed by atoms with Crippen molar-refractivity contribution in [2.75, 3.05) is 26.2 Å². The summed E-state index contributed by atoms with van der Waals surface area (Å²) in [6, 6.07) is 13.4. The van der Waals surface area contributed by atoms with Gasteiger partial charge in [0.05, 0.1) is 6.42 Å². The summed E-state index contributed by atoms with van der Waals surface area (Å²) in [6.45, 7) is 4.16. The molecule has 2 aliphatic heterocycles. The fraction of sp³-hybridized carbons (Fsp3) is 0.500. The Morgan fingerprint density at radius 2 is 1.96 bits per heavy atom. The number of rotatable bonds is 5. The standard InChI is InChI=1S/C22H28N2OS/c25-22(14-19-10-13-26-17-19)24-15-20-8-4-5-11-23(21(20)16-24)12-9-18-6-2-1-3-7-18/h1-3,6-7,10,13,17,20-21H,4-5,8-9,11-12,14-16H2/t20-,21+/m0/s1. The summed E-state index contributed by atoms with van der Waals surface area (Å²) in [5.74, 6) is 0.958. The maximum atomic E-state index is 12.7. The van der Waals surface area contributed by atoms with Gasteiger partial charge < -0.3 is 4.90 Å². The summed E-state index contributed by atoms with van der Waals surface area (Å²) >= 11 is 1.67. The van der Waals surface area contributed by atoms with E-state index >= 15 is 0 Å². The molecule has 138 valence electrons. The molecule has 1 amide bonds. The molecule has 2 aliphatic rings. The molecule has 2 fully saturated rings. The molecule has 3 heterocycles. The number of amides is 1. The SMILES string of the molecule is O=C(Cc1ccsc1)N1C[C@@H]2CCCCN(CCc3ccccc3)[C@@H]2C1. The first-order valence-corrected chi connectivity index (χ1v) is 10.8. The Balaban J connectivity index is 1.38. The number of likely N-dealkylation sites (tertiary alicyclic amines) is 2. The summed E-state index contributed by atoms with van der Waals surface area (Å²) in [6.07, 6.45) is 5.54. The second-order valence-corrected chi connectivity index (χ2v) is 8.48. The van der Waals surface area contributed by atoms with Crippen molar-refractivity contribution in [3.63, 3.8) is 0 Å². The number of thiophene rings is 1. The summed E-state index contributed by atoms with van der Waals surface area (Å²) in [5, 5.41) is 4.15. The highest BCUT2D eigenvalue weighted by atomic mass is 32.1. The minimum absolute atomic E-state index is 0.305. The van der Waals surface area contributed by atoms with E-state index < -0.39 is 0 Å². The fourth-order valence-electron chi connectivity index (χ4n) is 4.52. The van der Waals surface area contributed by atoms with Crippen molar-refractivity contribution < 1.29 is 4.79 Å². The van der Waals surface area contributed by atoms with Crippen molar-refractivity contribution >= 4 is 17.2 Å². The molecule has 2 atom stereocenters. The predicted molar refractivity (Wildman–Crippen MR) is 107 cm³/mol. The van der Waals surface area contributed by atoms with E-state index in [0.29, 0.717) is 24.3 Å². The van der Waals surface area contributed by atoms with Crippen LogP contribution in [0, 0.1) is 5.92 Å². The first kappa shape index (κ1) is 17.7. The van der Waals surface area contributed by atoms with Gasteiger partial charge in [-0.3, -0.25) is 9.69 Å². The Labute approximate surface area is 160 Å². The first-order valence-electron chi connectivity index (χ1n) is 9.86. The van der Waals surface area contributed by atoms with Crippen LogP contribution in [-0.2, 0) is 17.6 Å². The first-order chi connectivity index (χ1) is 12.8. The molecule has 0 spiro atoms. The number of fused-ring (bicyclic) bond motifs is 1. The Morgan fingerprint density at radius 1 is 1.08 bits per heavy atom. The van der Waals surface area contributed by atoms with Crippen molar-refractivity contribution in [3.8, 4) is 0 Å². The molecule has 4 rings (SSSR count). The Hall–Kier alpha value is -1.65. The highest BCUT2D eigenvalue weighted by Gasteiger charge is 2.39. The van der Waals surface area contributed by atoms with Gasteiger partial charge in [-0.15, -0.1) is 0 Å². The van der Waals surface area contributed by atoms with E-state index in [0.717, 1.165) is 31.6 Å². The third-order valence-electron chi connectivity index (χ3n) is 5.96. The topological polar surface area (TPSA) is 23.6 Å². The van der Waals surface area contributed by atoms with Crippen LogP contribution in [0.2, 0.25) is 0 Å². The van der Waals surface area contributed by atoms with E-state index in [1.807, 2.05) is 0 Å². The highest BCUT2D eigenvalue weighted by molar-refractivity contribution is 7.08. The van der Waals surface area contributed by atoms with Crippen molar-refractivity contribution in [2.45, 2.75) is 38.1 Å². The lowest BCUT2D eigenvalue weighted by Crippen LogP contribution is -2.42. The summed E-state index contributed by atoms with van der Waals surface area (Å²) in [4.78, 5) is 17.5. The van der Waals surface area contributed by atoms with Crippen molar-refractivity contribution in [2.24, 2.45) is 5.92 Å². The summed E-state index contributed by atoms with van der Waals surface area (Å²) in [5.41, 5.74) is 2.57. The van der Waals surface area contributed by atoms with Gasteiger partial charge in [-0.2, -0.15) is 11.3 Å². The zero-order chi connectivity index (χ0) is 17.8. The van der Waals surface area contributed by atoms with Crippen LogP contribution in [0.3, 0.4) is 0 Å². The fourth-order valence-corrected chi connectivity index (χ4v) is 5.19. The van der Waals surface area contributed by atoms with E-state index in [1.54, 1.807) is 11.3 Å². The minimum atomic E-state index is 0.305. The van der Waals surface area contributed by atoms with Crippen molar-refractivity contribution in [3.05, 3.63) is 58.3 Å². The lowest BCUT2D eigenvalue weighted by atomic mass is 9.98. The van der Waals surface area contributed by atoms with Crippen LogP contribution in [0.5, 0.6) is 0 Å². The third kappa shape index (κ3) is 4.18. The number of hydrogen-bond acceptors (Lipinski definition) is 3. The second kappa shape index (κ2) is 8.36. The molecule has 0 saturated carbocycles. The smallest absolute Gasteiger partial charge is 0.227 e. The predicted octanol–water partition coefficient (Wildman–Crippen LogP) is 3.85. The van der Waals surface area contributed by atoms with Gasteiger partial charge in [-0.25, -0.2) is 0 Å². The number of nitrogens with zero attached hydrogens (tertiary/aromatic N) is 2. The van der Waals surface area contributed by atoms with E-state index in [-0.39, 0.29) is 0 Å². The lowest BCUT2D eigenvalue weighted by Gasteiger charge is -2.30. The van der Waals surface area contributed by atoms with Gasteiger partial charge >= 0.3 is 0 Å². The largest absolute Gasteiger partial charge is 0.340 e.